The highest BCUT2D eigenvalue weighted by molar-refractivity contribution is 7.00. The summed E-state index contributed by atoms with van der Waals surface area (Å²) in [7, 11) is 0. The molecule has 1 fully saturated rings. The predicted octanol–water partition coefficient (Wildman–Crippen LogP) is 2.91. The Morgan fingerprint density at radius 3 is 2.83 bits per heavy atom. The molecule has 2 aromatic carbocycles. The van der Waals surface area contributed by atoms with E-state index in [2.05, 4.69) is 8.75 Å². The van der Waals surface area contributed by atoms with Gasteiger partial charge in [-0.25, -0.2) is 0 Å². The van der Waals surface area contributed by atoms with Crippen molar-refractivity contribution < 1.29 is 9.53 Å². The average Bonchev–Trinajstić information content (AvgIpc) is 3.09. The third-order valence-electron chi connectivity index (χ3n) is 4.03. The Morgan fingerprint density at radius 1 is 1.13 bits per heavy atom. The molecule has 6 heteroatoms. The van der Waals surface area contributed by atoms with Crippen LogP contribution in [-0.2, 0) is 4.74 Å². The molecule has 1 aliphatic rings. The molecule has 4 rings (SSSR count). The summed E-state index contributed by atoms with van der Waals surface area (Å²) in [5.41, 5.74) is 3.35. The van der Waals surface area contributed by atoms with Crippen molar-refractivity contribution in [2.24, 2.45) is 0 Å². The van der Waals surface area contributed by atoms with Crippen molar-refractivity contribution in [1.82, 2.24) is 13.6 Å². The maximum atomic E-state index is 12.8. The summed E-state index contributed by atoms with van der Waals surface area (Å²) in [4.78, 5) is 14.6. The molecule has 2 heterocycles. The average molecular weight is 325 g/mol. The maximum Gasteiger partial charge on any atom is 0.254 e. The number of fused-ring (bicyclic) bond motifs is 1. The van der Waals surface area contributed by atoms with Gasteiger partial charge in [0.1, 0.15) is 17.1 Å². The highest BCUT2D eigenvalue weighted by Gasteiger charge is 2.26. The van der Waals surface area contributed by atoms with E-state index in [9.17, 15) is 4.79 Å². The van der Waals surface area contributed by atoms with E-state index in [0.717, 1.165) is 28.3 Å². The van der Waals surface area contributed by atoms with Gasteiger partial charge in [-0.15, -0.1) is 0 Å². The molecule has 1 atom stereocenters. The van der Waals surface area contributed by atoms with Gasteiger partial charge < -0.3 is 9.64 Å². The molecular weight excluding hydrogens is 310 g/mol. The molecule has 0 N–H and O–H groups in total. The molecule has 23 heavy (non-hydrogen) atoms. The number of rotatable bonds is 2. The van der Waals surface area contributed by atoms with Crippen LogP contribution in [0.15, 0.2) is 48.5 Å². The molecule has 0 aliphatic carbocycles. The standard InChI is InChI=1S/C17H15N3O2S/c21-17(13-6-7-14-15(10-13)19-23-18-14)20-8-9-22-16(11-20)12-4-2-1-3-5-12/h1-7,10,16H,8-9,11H2/t16-/m1/s1. The maximum absolute atomic E-state index is 12.8. The summed E-state index contributed by atoms with van der Waals surface area (Å²) in [6.07, 6.45) is -0.0708. The zero-order valence-electron chi connectivity index (χ0n) is 12.4. The van der Waals surface area contributed by atoms with Gasteiger partial charge in [-0.05, 0) is 23.8 Å². The van der Waals surface area contributed by atoms with Gasteiger partial charge in [0.15, 0.2) is 0 Å². The number of morpholine rings is 1. The highest BCUT2D eigenvalue weighted by atomic mass is 32.1. The van der Waals surface area contributed by atoms with Gasteiger partial charge in [0.2, 0.25) is 0 Å². The van der Waals surface area contributed by atoms with Crippen molar-refractivity contribution in [1.29, 1.82) is 0 Å². The lowest BCUT2D eigenvalue weighted by molar-refractivity contribution is -0.0228. The minimum atomic E-state index is -0.0708. The van der Waals surface area contributed by atoms with Gasteiger partial charge >= 0.3 is 0 Å². The van der Waals surface area contributed by atoms with E-state index in [4.69, 9.17) is 4.74 Å². The molecule has 3 aromatic rings. The number of amides is 1. The third kappa shape index (κ3) is 2.83. The minimum Gasteiger partial charge on any atom is -0.370 e. The lowest BCUT2D eigenvalue weighted by Crippen LogP contribution is -2.42. The summed E-state index contributed by atoms with van der Waals surface area (Å²) in [6.45, 7) is 1.72. The van der Waals surface area contributed by atoms with Crippen molar-refractivity contribution in [2.45, 2.75) is 6.10 Å². The zero-order chi connectivity index (χ0) is 15.6. The molecular formula is C17H15N3O2S. The molecule has 1 aromatic heterocycles. The van der Waals surface area contributed by atoms with E-state index in [1.54, 1.807) is 0 Å². The number of ether oxygens (including phenoxy) is 1. The van der Waals surface area contributed by atoms with Crippen LogP contribution in [-0.4, -0.2) is 39.3 Å². The van der Waals surface area contributed by atoms with Crippen molar-refractivity contribution in [3.63, 3.8) is 0 Å². The summed E-state index contributed by atoms with van der Waals surface area (Å²) < 4.78 is 14.2. The lowest BCUT2D eigenvalue weighted by atomic mass is 10.1. The fourth-order valence-electron chi connectivity index (χ4n) is 2.80. The number of hydrogen-bond acceptors (Lipinski definition) is 5. The molecule has 5 nitrogen and oxygen atoms in total. The SMILES string of the molecule is O=C(c1ccc2nsnc2c1)N1CCO[C@@H](c2ccccc2)C1. The summed E-state index contributed by atoms with van der Waals surface area (Å²) in [5, 5.41) is 0. The number of carbonyl (C=O) groups is 1. The molecule has 0 unspecified atom stereocenters. The van der Waals surface area contributed by atoms with Gasteiger partial charge in [-0.1, -0.05) is 30.3 Å². The fraction of sp³-hybridized carbons (Fsp3) is 0.235. The highest BCUT2D eigenvalue weighted by Crippen LogP contribution is 2.23. The van der Waals surface area contributed by atoms with Crippen molar-refractivity contribution >= 4 is 28.7 Å². The van der Waals surface area contributed by atoms with Crippen LogP contribution in [0.4, 0.5) is 0 Å². The number of aromatic nitrogens is 2. The molecule has 116 valence electrons. The van der Waals surface area contributed by atoms with Crippen LogP contribution in [0.2, 0.25) is 0 Å². The minimum absolute atomic E-state index is 0.0177. The second-order valence-corrected chi connectivity index (χ2v) is 6.02. The van der Waals surface area contributed by atoms with Crippen LogP contribution in [0.3, 0.4) is 0 Å². The zero-order valence-corrected chi connectivity index (χ0v) is 13.2. The fourth-order valence-corrected chi connectivity index (χ4v) is 3.32. The van der Waals surface area contributed by atoms with Gasteiger partial charge in [0.05, 0.1) is 24.9 Å². The van der Waals surface area contributed by atoms with Crippen LogP contribution in [0.5, 0.6) is 0 Å². The third-order valence-corrected chi connectivity index (χ3v) is 4.58. The molecule has 1 saturated heterocycles. The number of hydrogen-bond donors (Lipinski definition) is 0. The molecule has 0 saturated carbocycles. The first-order chi connectivity index (χ1) is 11.3. The van der Waals surface area contributed by atoms with Crippen LogP contribution >= 0.6 is 11.7 Å². The first-order valence-electron chi connectivity index (χ1n) is 7.49. The van der Waals surface area contributed by atoms with Crippen LogP contribution in [0, 0.1) is 0 Å². The van der Waals surface area contributed by atoms with Crippen molar-refractivity contribution in [3.05, 3.63) is 59.7 Å². The molecule has 0 radical (unpaired) electrons. The van der Waals surface area contributed by atoms with Crippen molar-refractivity contribution in [2.75, 3.05) is 19.7 Å². The van der Waals surface area contributed by atoms with Gasteiger partial charge in [-0.2, -0.15) is 8.75 Å². The molecule has 1 amide bonds. The normalized spacial score (nSPS) is 18.3. The number of benzene rings is 2. The summed E-state index contributed by atoms with van der Waals surface area (Å²) in [6, 6.07) is 15.5. The first-order valence-corrected chi connectivity index (χ1v) is 8.22. The Bertz CT molecular complexity index is 834. The van der Waals surface area contributed by atoms with E-state index >= 15 is 0 Å². The topological polar surface area (TPSA) is 55.3 Å². The predicted molar refractivity (Wildman–Crippen MR) is 88.5 cm³/mol. The first kappa shape index (κ1) is 14.3. The Balaban J connectivity index is 1.55. The van der Waals surface area contributed by atoms with Gasteiger partial charge in [0, 0.05) is 12.1 Å². The number of carbonyl (C=O) groups excluding carboxylic acids is 1. The monoisotopic (exact) mass is 325 g/mol. The van der Waals surface area contributed by atoms with E-state index in [1.165, 1.54) is 0 Å². The Kier molecular flexibility index (Phi) is 3.77. The second kappa shape index (κ2) is 6.06. The van der Waals surface area contributed by atoms with Gasteiger partial charge in [0.25, 0.3) is 5.91 Å². The Morgan fingerprint density at radius 2 is 1.96 bits per heavy atom. The quantitative estimate of drug-likeness (QED) is 0.727. The lowest BCUT2D eigenvalue weighted by Gasteiger charge is -2.33. The van der Waals surface area contributed by atoms with E-state index in [1.807, 2.05) is 53.4 Å². The van der Waals surface area contributed by atoms with Crippen molar-refractivity contribution in [3.8, 4) is 0 Å². The molecule has 0 bridgehead atoms. The van der Waals surface area contributed by atoms with Crippen LogP contribution in [0.25, 0.3) is 11.0 Å². The number of nitrogens with zero attached hydrogens (tertiary/aromatic N) is 3. The molecule has 0 spiro atoms. The van der Waals surface area contributed by atoms with Crippen LogP contribution in [0.1, 0.15) is 22.0 Å². The summed E-state index contributed by atoms with van der Waals surface area (Å²) in [5.74, 6) is 0.0177. The Labute approximate surface area is 137 Å². The Hall–Kier alpha value is -2.31. The smallest absolute Gasteiger partial charge is 0.254 e. The van der Waals surface area contributed by atoms with E-state index in [-0.39, 0.29) is 12.0 Å². The van der Waals surface area contributed by atoms with E-state index in [0.29, 0.717) is 25.3 Å². The van der Waals surface area contributed by atoms with E-state index < -0.39 is 0 Å². The molecule has 1 aliphatic heterocycles. The van der Waals surface area contributed by atoms with Gasteiger partial charge in [-0.3, -0.25) is 4.79 Å². The second-order valence-electron chi connectivity index (χ2n) is 5.49. The largest absolute Gasteiger partial charge is 0.370 e. The summed E-state index contributed by atoms with van der Waals surface area (Å²) >= 11 is 1.16. The van der Waals surface area contributed by atoms with Crippen LogP contribution < -0.4 is 0 Å².